The molecule has 0 saturated heterocycles. The van der Waals surface area contributed by atoms with Gasteiger partial charge in [0.25, 0.3) is 0 Å². The normalized spacial score (nSPS) is 29.9. The molecule has 2 heterocycles. The minimum atomic E-state index is -0.663. The second kappa shape index (κ2) is 7.53. The molecule has 7 heteroatoms. The predicted octanol–water partition coefficient (Wildman–Crippen LogP) is 0.879. The average molecular weight is 335 g/mol. The van der Waals surface area contributed by atoms with Gasteiger partial charge in [-0.05, 0) is 59.9 Å². The fourth-order valence-electron chi connectivity index (χ4n) is 3.04. The third-order valence-electron chi connectivity index (χ3n) is 5.46. The van der Waals surface area contributed by atoms with E-state index in [1.165, 1.54) is 0 Å². The predicted molar refractivity (Wildman–Crippen MR) is 91.8 cm³/mol. The highest BCUT2D eigenvalue weighted by Crippen LogP contribution is 2.20. The Kier molecular flexibility index (Phi) is 5.87. The Labute approximate surface area is 143 Å². The first-order valence-electron chi connectivity index (χ1n) is 8.66. The third-order valence-corrected chi connectivity index (χ3v) is 5.46. The fraction of sp³-hybridized carbons (Fsp3) is 0.765. The molecule has 0 radical (unpaired) electrons. The molecular formula is C17H29N5O2. The minimum Gasteiger partial charge on any atom is -0.308 e. The van der Waals surface area contributed by atoms with Gasteiger partial charge in [0.05, 0.1) is 29.5 Å². The molecule has 0 unspecified atom stereocenters. The Hall–Kier alpha value is -1.60. The van der Waals surface area contributed by atoms with Crippen LogP contribution < -0.4 is 10.6 Å². The molecule has 2 atom stereocenters. The zero-order valence-electron chi connectivity index (χ0n) is 15.2. The molecule has 0 amide bonds. The van der Waals surface area contributed by atoms with Crippen molar-refractivity contribution < 1.29 is 9.59 Å². The summed E-state index contributed by atoms with van der Waals surface area (Å²) < 4.78 is 1.91. The number of nitrogens with zero attached hydrogens (tertiary/aromatic N) is 3. The van der Waals surface area contributed by atoms with Crippen LogP contribution in [0, 0.1) is 0 Å². The first-order chi connectivity index (χ1) is 11.3. The number of hydrogen-bond acceptors (Lipinski definition) is 6. The number of carbonyl (C=O) groups excluding carboxylic acids is 2. The molecule has 134 valence electrons. The summed E-state index contributed by atoms with van der Waals surface area (Å²) in [4.78, 5) is 24.8. The van der Waals surface area contributed by atoms with Gasteiger partial charge in [-0.1, -0.05) is 5.21 Å². The number of hydrogen-bond donors (Lipinski definition) is 2. The van der Waals surface area contributed by atoms with Gasteiger partial charge in [-0.25, -0.2) is 4.68 Å². The summed E-state index contributed by atoms with van der Waals surface area (Å²) >= 11 is 0. The molecule has 2 N–H and O–H groups in total. The second-order valence-corrected chi connectivity index (χ2v) is 7.15. The van der Waals surface area contributed by atoms with Crippen molar-refractivity contribution in [2.24, 2.45) is 0 Å². The Morgan fingerprint density at radius 1 is 1.33 bits per heavy atom. The Morgan fingerprint density at radius 3 is 2.75 bits per heavy atom. The lowest BCUT2D eigenvalue weighted by molar-refractivity contribution is -0.126. The molecule has 1 aromatic heterocycles. The van der Waals surface area contributed by atoms with Gasteiger partial charge in [0.2, 0.25) is 0 Å². The largest absolute Gasteiger partial charge is 0.308 e. The van der Waals surface area contributed by atoms with Crippen molar-refractivity contribution in [1.29, 1.82) is 0 Å². The van der Waals surface area contributed by atoms with E-state index >= 15 is 0 Å². The SMILES string of the molecule is CN[C@@]1(C)CCc2cnnn2CCCC[C@@](C)(C(C)=O)NCC1=O. The van der Waals surface area contributed by atoms with Crippen LogP contribution in [0.1, 0.15) is 52.1 Å². The highest BCUT2D eigenvalue weighted by atomic mass is 16.1. The van der Waals surface area contributed by atoms with Crippen molar-refractivity contribution in [1.82, 2.24) is 25.6 Å². The van der Waals surface area contributed by atoms with E-state index in [9.17, 15) is 9.59 Å². The lowest BCUT2D eigenvalue weighted by atomic mass is 9.87. The lowest BCUT2D eigenvalue weighted by Crippen LogP contribution is -2.56. The molecule has 24 heavy (non-hydrogen) atoms. The van der Waals surface area contributed by atoms with Gasteiger partial charge < -0.3 is 5.32 Å². The smallest absolute Gasteiger partial charge is 0.166 e. The van der Waals surface area contributed by atoms with E-state index in [0.717, 1.165) is 31.5 Å². The second-order valence-electron chi connectivity index (χ2n) is 7.15. The maximum absolute atomic E-state index is 12.8. The molecule has 7 nitrogen and oxygen atoms in total. The van der Waals surface area contributed by atoms with Crippen molar-refractivity contribution in [2.75, 3.05) is 13.6 Å². The average Bonchev–Trinajstić information content (AvgIpc) is 3.01. The van der Waals surface area contributed by atoms with Gasteiger partial charge >= 0.3 is 0 Å². The first-order valence-corrected chi connectivity index (χ1v) is 8.66. The number of fused-ring (bicyclic) bond motifs is 1. The van der Waals surface area contributed by atoms with Gasteiger partial charge in [-0.3, -0.25) is 14.9 Å². The van der Waals surface area contributed by atoms with Crippen molar-refractivity contribution >= 4 is 11.6 Å². The van der Waals surface area contributed by atoms with Gasteiger partial charge in [-0.15, -0.1) is 5.10 Å². The number of aromatic nitrogens is 3. The third kappa shape index (κ3) is 4.08. The Morgan fingerprint density at radius 2 is 2.08 bits per heavy atom. The summed E-state index contributed by atoms with van der Waals surface area (Å²) in [6.45, 7) is 6.36. The monoisotopic (exact) mass is 335 g/mol. The van der Waals surface area contributed by atoms with Crippen molar-refractivity contribution in [3.8, 4) is 0 Å². The van der Waals surface area contributed by atoms with Crippen molar-refractivity contribution in [3.05, 3.63) is 11.9 Å². The number of nitrogens with one attached hydrogen (secondary N) is 2. The molecule has 2 rings (SSSR count). The molecule has 1 aliphatic heterocycles. The first kappa shape index (κ1) is 18.7. The van der Waals surface area contributed by atoms with E-state index in [4.69, 9.17) is 0 Å². The van der Waals surface area contributed by atoms with Gasteiger partial charge in [0.1, 0.15) is 5.78 Å². The summed E-state index contributed by atoms with van der Waals surface area (Å²) in [7, 11) is 1.80. The molecule has 0 bridgehead atoms. The van der Waals surface area contributed by atoms with Gasteiger partial charge in [0, 0.05) is 6.54 Å². The lowest BCUT2D eigenvalue weighted by Gasteiger charge is -2.32. The molecular weight excluding hydrogens is 306 g/mol. The van der Waals surface area contributed by atoms with Crippen LogP contribution in [0.4, 0.5) is 0 Å². The molecule has 0 spiro atoms. The molecule has 0 saturated carbocycles. The summed E-state index contributed by atoms with van der Waals surface area (Å²) in [5.41, 5.74) is -0.261. The fourth-order valence-corrected chi connectivity index (χ4v) is 3.04. The molecule has 0 aliphatic carbocycles. The van der Waals surface area contributed by atoms with E-state index in [-0.39, 0.29) is 18.1 Å². The maximum Gasteiger partial charge on any atom is 0.166 e. The molecule has 1 aromatic rings. The number of carbonyl (C=O) groups is 2. The molecule has 0 aromatic carbocycles. The highest BCUT2D eigenvalue weighted by molar-refractivity contribution is 5.91. The van der Waals surface area contributed by atoms with Crippen LogP contribution in [0.15, 0.2) is 6.20 Å². The highest BCUT2D eigenvalue weighted by Gasteiger charge is 2.35. The summed E-state index contributed by atoms with van der Waals surface area (Å²) in [5.74, 6) is 0.133. The number of rotatable bonds is 2. The van der Waals surface area contributed by atoms with Crippen molar-refractivity contribution in [3.63, 3.8) is 0 Å². The van der Waals surface area contributed by atoms with Gasteiger partial charge in [-0.2, -0.15) is 0 Å². The summed E-state index contributed by atoms with van der Waals surface area (Å²) in [5, 5.41) is 14.5. The van der Waals surface area contributed by atoms with E-state index in [1.54, 1.807) is 20.2 Å². The zero-order valence-corrected chi connectivity index (χ0v) is 15.2. The summed E-state index contributed by atoms with van der Waals surface area (Å²) in [6, 6.07) is 0. The van der Waals surface area contributed by atoms with E-state index in [1.807, 2.05) is 18.5 Å². The minimum absolute atomic E-state index is 0.0655. The van der Waals surface area contributed by atoms with E-state index < -0.39 is 11.1 Å². The number of Topliss-reactive ketones (excluding diaryl/α,β-unsaturated/α-hetero) is 2. The Balaban J connectivity index is 2.25. The maximum atomic E-state index is 12.8. The number of aryl methyl sites for hydroxylation is 2. The van der Waals surface area contributed by atoms with Crippen LogP contribution in [0.2, 0.25) is 0 Å². The number of ketones is 2. The van der Waals surface area contributed by atoms with Crippen LogP contribution >= 0.6 is 0 Å². The standard InChI is InChI=1S/C17H29N5O2/c1-13(23)16(2)8-5-6-10-22-14(11-20-21-22)7-9-17(3,18-4)15(24)12-19-16/h11,18-19H,5-10,12H2,1-4H3/t16-,17-/m0/s1. The van der Waals surface area contributed by atoms with Gasteiger partial charge in [0.15, 0.2) is 5.78 Å². The van der Waals surface area contributed by atoms with Crippen LogP contribution in [-0.4, -0.2) is 51.2 Å². The van der Waals surface area contributed by atoms with Crippen LogP contribution in [-0.2, 0) is 22.6 Å². The van der Waals surface area contributed by atoms with Crippen LogP contribution in [0.25, 0.3) is 0 Å². The van der Waals surface area contributed by atoms with E-state index in [2.05, 4.69) is 20.9 Å². The van der Waals surface area contributed by atoms with E-state index in [0.29, 0.717) is 12.8 Å². The Bertz CT molecular complexity index is 600. The molecule has 1 aliphatic rings. The van der Waals surface area contributed by atoms with Crippen LogP contribution in [0.5, 0.6) is 0 Å². The topological polar surface area (TPSA) is 88.9 Å². The number of likely N-dealkylation sites (N-methyl/N-ethyl adjacent to an activating group) is 1. The summed E-state index contributed by atoms with van der Waals surface area (Å²) in [6.07, 6.45) is 5.69. The molecule has 0 fully saturated rings. The van der Waals surface area contributed by atoms with Crippen LogP contribution in [0.3, 0.4) is 0 Å². The quantitative estimate of drug-likeness (QED) is 0.834. The van der Waals surface area contributed by atoms with Crippen molar-refractivity contribution in [2.45, 2.75) is 70.5 Å². The zero-order chi connectivity index (χ0) is 17.8.